The summed E-state index contributed by atoms with van der Waals surface area (Å²) in [7, 11) is 1.71. The minimum absolute atomic E-state index is 0.0352. The Labute approximate surface area is 102 Å². The molecule has 0 aliphatic heterocycles. The third-order valence-corrected chi connectivity index (χ3v) is 3.07. The van der Waals surface area contributed by atoms with Gasteiger partial charge < -0.3 is 9.84 Å². The van der Waals surface area contributed by atoms with E-state index < -0.39 is 17.9 Å². The number of rotatable bonds is 3. The Kier molecular flexibility index (Phi) is 4.49. The van der Waals surface area contributed by atoms with Crippen LogP contribution in [0.4, 0.5) is 8.78 Å². The predicted molar refractivity (Wildman–Crippen MR) is 61.8 cm³/mol. The molecule has 0 aromatic heterocycles. The molecule has 1 saturated carbocycles. The number of halogens is 2. The summed E-state index contributed by atoms with van der Waals surface area (Å²) in [5.41, 5.74) is -0.452. The molecule has 0 aromatic carbocycles. The van der Waals surface area contributed by atoms with Gasteiger partial charge >= 0.3 is 0 Å². The van der Waals surface area contributed by atoms with Gasteiger partial charge in [0.15, 0.2) is 0 Å². The molecule has 0 radical (unpaired) electrons. The summed E-state index contributed by atoms with van der Waals surface area (Å²) in [6.07, 6.45) is -0.455. The van der Waals surface area contributed by atoms with E-state index in [4.69, 9.17) is 4.74 Å². The molecule has 0 aromatic rings. The Morgan fingerprint density at radius 2 is 1.76 bits per heavy atom. The second-order valence-electron chi connectivity index (χ2n) is 5.81. The maximum absolute atomic E-state index is 13.0. The summed E-state index contributed by atoms with van der Waals surface area (Å²) in [5, 5.41) is 9.85. The highest BCUT2D eigenvalue weighted by Gasteiger charge is 2.37. The molecule has 0 amide bonds. The molecule has 17 heavy (non-hydrogen) atoms. The average Bonchev–Trinajstić information content (AvgIpc) is 2.14. The van der Waals surface area contributed by atoms with Crippen molar-refractivity contribution in [2.75, 3.05) is 7.05 Å². The fourth-order valence-corrected chi connectivity index (χ4v) is 2.01. The van der Waals surface area contributed by atoms with E-state index in [-0.39, 0.29) is 18.9 Å². The monoisotopic (exact) mass is 251 g/mol. The van der Waals surface area contributed by atoms with Crippen molar-refractivity contribution in [3.63, 3.8) is 0 Å². The van der Waals surface area contributed by atoms with Gasteiger partial charge in [0.2, 0.25) is 12.3 Å². The molecule has 1 N–H and O–H groups in total. The van der Waals surface area contributed by atoms with Crippen LogP contribution >= 0.6 is 0 Å². The Bertz CT molecular complexity index is 243. The van der Waals surface area contributed by atoms with E-state index in [0.717, 1.165) is 0 Å². The van der Waals surface area contributed by atoms with Crippen LogP contribution in [-0.2, 0) is 4.74 Å². The topological polar surface area (TPSA) is 32.7 Å². The normalized spacial score (nSPS) is 24.0. The molecule has 0 saturated heterocycles. The van der Waals surface area contributed by atoms with Gasteiger partial charge in [0.05, 0.1) is 5.60 Å². The summed E-state index contributed by atoms with van der Waals surface area (Å²) in [6, 6.07) is -0.0352. The Morgan fingerprint density at radius 3 is 2.18 bits per heavy atom. The first-order valence-electron chi connectivity index (χ1n) is 6.06. The van der Waals surface area contributed by atoms with Crippen molar-refractivity contribution >= 4 is 0 Å². The van der Waals surface area contributed by atoms with Crippen LogP contribution in [-0.4, -0.2) is 41.0 Å². The largest absolute Gasteiger partial charge is 0.356 e. The summed E-state index contributed by atoms with van der Waals surface area (Å²) >= 11 is 0. The van der Waals surface area contributed by atoms with Gasteiger partial charge in [-0.15, -0.1) is 0 Å². The number of nitrogens with zero attached hydrogens (tertiary/aromatic N) is 1. The fraction of sp³-hybridized carbons (Fsp3) is 1.00. The standard InChI is InChI=1S/C12H23F2NO2/c1-11(2,3)17-10(16)15(4)9-5-7-12(13,14)8-6-9/h9-10,16H,5-8H2,1-4H3. The highest BCUT2D eigenvalue weighted by atomic mass is 19.3. The molecule has 1 atom stereocenters. The van der Waals surface area contributed by atoms with E-state index in [9.17, 15) is 13.9 Å². The first-order chi connectivity index (χ1) is 7.61. The van der Waals surface area contributed by atoms with E-state index in [0.29, 0.717) is 12.8 Å². The lowest BCUT2D eigenvalue weighted by molar-refractivity contribution is -0.246. The zero-order valence-corrected chi connectivity index (χ0v) is 11.0. The van der Waals surface area contributed by atoms with E-state index >= 15 is 0 Å². The quantitative estimate of drug-likeness (QED) is 0.783. The number of aliphatic hydroxyl groups excluding tert-OH is 1. The molecule has 5 heteroatoms. The molecule has 1 aliphatic carbocycles. The lowest BCUT2D eigenvalue weighted by Gasteiger charge is -2.38. The van der Waals surface area contributed by atoms with Gasteiger partial charge in [-0.2, -0.15) is 0 Å². The zero-order chi connectivity index (χ0) is 13.3. The molecule has 1 fully saturated rings. The van der Waals surface area contributed by atoms with Crippen LogP contribution in [0.15, 0.2) is 0 Å². The molecule has 0 bridgehead atoms. The van der Waals surface area contributed by atoms with Crippen LogP contribution in [0.5, 0.6) is 0 Å². The van der Waals surface area contributed by atoms with Crippen molar-refractivity contribution in [3.8, 4) is 0 Å². The first kappa shape index (κ1) is 14.8. The Hall–Kier alpha value is -0.260. The van der Waals surface area contributed by atoms with Crippen molar-refractivity contribution in [2.45, 2.75) is 70.4 Å². The van der Waals surface area contributed by atoms with Gasteiger partial charge in [-0.1, -0.05) is 0 Å². The second-order valence-corrected chi connectivity index (χ2v) is 5.81. The predicted octanol–water partition coefficient (Wildman–Crippen LogP) is 2.59. The minimum atomic E-state index is -2.53. The van der Waals surface area contributed by atoms with Crippen LogP contribution < -0.4 is 0 Å². The van der Waals surface area contributed by atoms with Crippen LogP contribution in [0.2, 0.25) is 0 Å². The van der Waals surface area contributed by atoms with Crippen molar-refractivity contribution in [3.05, 3.63) is 0 Å². The maximum Gasteiger partial charge on any atom is 0.248 e. The second kappa shape index (κ2) is 5.16. The van der Waals surface area contributed by atoms with Gasteiger partial charge in [-0.3, -0.25) is 4.90 Å². The Balaban J connectivity index is 2.45. The van der Waals surface area contributed by atoms with Crippen LogP contribution in [0.1, 0.15) is 46.5 Å². The van der Waals surface area contributed by atoms with Crippen LogP contribution in [0.25, 0.3) is 0 Å². The Morgan fingerprint density at radius 1 is 1.29 bits per heavy atom. The smallest absolute Gasteiger partial charge is 0.248 e. The third kappa shape index (κ3) is 4.85. The van der Waals surface area contributed by atoms with Gasteiger partial charge in [-0.05, 0) is 40.7 Å². The van der Waals surface area contributed by atoms with Crippen molar-refractivity contribution in [1.82, 2.24) is 4.90 Å². The average molecular weight is 251 g/mol. The van der Waals surface area contributed by atoms with E-state index in [1.807, 2.05) is 20.8 Å². The molecule has 0 spiro atoms. The zero-order valence-electron chi connectivity index (χ0n) is 11.0. The molecule has 3 nitrogen and oxygen atoms in total. The van der Waals surface area contributed by atoms with Crippen LogP contribution in [0.3, 0.4) is 0 Å². The minimum Gasteiger partial charge on any atom is -0.356 e. The molecular formula is C12H23F2NO2. The third-order valence-electron chi connectivity index (χ3n) is 3.07. The van der Waals surface area contributed by atoms with Gasteiger partial charge in [0, 0.05) is 18.9 Å². The molecular weight excluding hydrogens is 228 g/mol. The molecule has 102 valence electrons. The summed E-state index contributed by atoms with van der Waals surface area (Å²) in [4.78, 5) is 1.64. The van der Waals surface area contributed by atoms with E-state index in [1.54, 1.807) is 11.9 Å². The highest BCUT2D eigenvalue weighted by Crippen LogP contribution is 2.35. The summed E-state index contributed by atoms with van der Waals surface area (Å²) in [6.45, 7) is 5.54. The fourth-order valence-electron chi connectivity index (χ4n) is 2.01. The number of alkyl halides is 2. The van der Waals surface area contributed by atoms with Crippen LogP contribution in [0, 0.1) is 0 Å². The lowest BCUT2D eigenvalue weighted by Crippen LogP contribution is -2.47. The lowest BCUT2D eigenvalue weighted by atomic mass is 9.91. The summed E-state index contributed by atoms with van der Waals surface area (Å²) in [5.74, 6) is -2.53. The molecule has 1 unspecified atom stereocenters. The highest BCUT2D eigenvalue weighted by molar-refractivity contribution is 4.82. The van der Waals surface area contributed by atoms with Crippen molar-refractivity contribution in [2.24, 2.45) is 0 Å². The first-order valence-corrected chi connectivity index (χ1v) is 6.06. The number of hydrogen-bond donors (Lipinski definition) is 1. The van der Waals surface area contributed by atoms with Gasteiger partial charge in [0.1, 0.15) is 0 Å². The maximum atomic E-state index is 13.0. The van der Waals surface area contributed by atoms with E-state index in [1.165, 1.54) is 0 Å². The molecule has 0 heterocycles. The van der Waals surface area contributed by atoms with Crippen molar-refractivity contribution in [1.29, 1.82) is 0 Å². The molecule has 1 aliphatic rings. The summed E-state index contributed by atoms with van der Waals surface area (Å²) < 4.78 is 31.4. The van der Waals surface area contributed by atoms with E-state index in [2.05, 4.69) is 0 Å². The number of ether oxygens (including phenoxy) is 1. The number of aliphatic hydroxyl groups is 1. The molecule has 1 rings (SSSR count). The van der Waals surface area contributed by atoms with Gasteiger partial charge in [-0.25, -0.2) is 8.78 Å². The van der Waals surface area contributed by atoms with Gasteiger partial charge in [0.25, 0.3) is 0 Å². The SMILES string of the molecule is CN(C1CCC(F)(F)CC1)C(O)OC(C)(C)C. The number of hydrogen-bond acceptors (Lipinski definition) is 3. The van der Waals surface area contributed by atoms with Crippen molar-refractivity contribution < 1.29 is 18.6 Å².